The number of para-hydroxylation sites is 1. The fraction of sp³-hybridized carbons (Fsp3) is 0.304. The lowest BCUT2D eigenvalue weighted by Gasteiger charge is -2.31. The lowest BCUT2D eigenvalue weighted by molar-refractivity contribution is -0.763. The summed E-state index contributed by atoms with van der Waals surface area (Å²) in [6.07, 6.45) is 0.117. The van der Waals surface area contributed by atoms with Crippen molar-refractivity contribution in [2.45, 2.75) is 31.6 Å². The van der Waals surface area contributed by atoms with E-state index in [0.717, 1.165) is 12.2 Å². The summed E-state index contributed by atoms with van der Waals surface area (Å²) in [7, 11) is 3.05. The molecule has 0 bridgehead atoms. The molecule has 3 aromatic rings. The molecule has 10 heteroatoms. The van der Waals surface area contributed by atoms with Gasteiger partial charge < -0.3 is 9.47 Å². The van der Waals surface area contributed by atoms with Crippen LogP contribution in [0.4, 0.5) is 5.69 Å². The highest BCUT2D eigenvalue weighted by Crippen LogP contribution is 2.42. The molecule has 0 saturated carbocycles. The van der Waals surface area contributed by atoms with Crippen LogP contribution in [0.15, 0.2) is 46.3 Å². The minimum absolute atomic E-state index is 0.221. The van der Waals surface area contributed by atoms with Crippen molar-refractivity contribution in [3.8, 4) is 22.8 Å². The van der Waals surface area contributed by atoms with Crippen molar-refractivity contribution >= 4 is 35.0 Å². The first-order valence-electron chi connectivity index (χ1n) is 10.4. The Hall–Kier alpha value is -3.04. The Morgan fingerprint density at radius 1 is 1.24 bits per heavy atom. The van der Waals surface area contributed by atoms with Crippen molar-refractivity contribution in [2.75, 3.05) is 24.9 Å². The van der Waals surface area contributed by atoms with Gasteiger partial charge in [-0.1, -0.05) is 42.4 Å². The van der Waals surface area contributed by atoms with Gasteiger partial charge in [-0.3, -0.25) is 14.6 Å². The van der Waals surface area contributed by atoms with Crippen LogP contribution < -0.4 is 24.6 Å². The monoisotopic (exact) mass is 487 g/mol. The van der Waals surface area contributed by atoms with Gasteiger partial charge in [0, 0.05) is 23.8 Å². The van der Waals surface area contributed by atoms with Crippen LogP contribution in [-0.4, -0.2) is 36.0 Å². The predicted octanol–water partition coefficient (Wildman–Crippen LogP) is 3.81. The molecule has 33 heavy (non-hydrogen) atoms. The minimum atomic E-state index is -0.803. The van der Waals surface area contributed by atoms with Crippen LogP contribution in [0.1, 0.15) is 32.0 Å². The summed E-state index contributed by atoms with van der Waals surface area (Å²) in [5, 5.41) is 5.56. The molecule has 1 aliphatic heterocycles. The number of methoxy groups -OCH3 is 2. The number of hydrogen-bond donors (Lipinski definition) is 1. The quantitative estimate of drug-likeness (QED) is 0.420. The molecule has 0 saturated heterocycles. The second-order valence-electron chi connectivity index (χ2n) is 7.41. The van der Waals surface area contributed by atoms with E-state index in [1.54, 1.807) is 33.8 Å². The first-order chi connectivity index (χ1) is 15.9. The highest BCUT2D eigenvalue weighted by molar-refractivity contribution is 7.99. The number of halogens is 1. The molecule has 2 aromatic carbocycles. The number of carbonyl (C=O) groups is 1. The average molecular weight is 488 g/mol. The van der Waals surface area contributed by atoms with Crippen molar-refractivity contribution in [2.24, 2.45) is 0 Å². The Kier molecular flexibility index (Phi) is 6.62. The van der Waals surface area contributed by atoms with Crippen molar-refractivity contribution in [3.05, 3.63) is 57.3 Å². The molecule has 0 unspecified atom stereocenters. The van der Waals surface area contributed by atoms with Crippen LogP contribution in [0, 0.1) is 0 Å². The molecular weight excluding hydrogens is 464 g/mol. The number of aromatic nitrogens is 3. The molecule has 1 aliphatic rings. The van der Waals surface area contributed by atoms with E-state index in [1.165, 1.54) is 32.9 Å². The topological polar surface area (TPSA) is 88.4 Å². The molecule has 0 fully saturated rings. The average Bonchev–Trinajstić information content (AvgIpc) is 2.81. The summed E-state index contributed by atoms with van der Waals surface area (Å²) in [5.74, 6) is 1.48. The zero-order valence-corrected chi connectivity index (χ0v) is 20.3. The van der Waals surface area contributed by atoms with E-state index in [0.29, 0.717) is 44.2 Å². The van der Waals surface area contributed by atoms with Gasteiger partial charge in [-0.2, -0.15) is 0 Å². The third-order valence-corrected chi connectivity index (χ3v) is 6.72. The predicted molar refractivity (Wildman–Crippen MR) is 127 cm³/mol. The Morgan fingerprint density at radius 2 is 1.94 bits per heavy atom. The second kappa shape index (κ2) is 9.44. The normalized spacial score (nSPS) is 14.5. The molecule has 1 atom stereocenters. The van der Waals surface area contributed by atoms with Gasteiger partial charge in [0.1, 0.15) is 0 Å². The number of rotatable bonds is 6. The number of H-pyrrole nitrogens is 1. The van der Waals surface area contributed by atoms with Gasteiger partial charge in [0.2, 0.25) is 11.1 Å². The largest absolute Gasteiger partial charge is 0.493 e. The molecule has 8 nitrogen and oxygen atoms in total. The fourth-order valence-electron chi connectivity index (χ4n) is 3.93. The number of aromatic amines is 1. The number of fused-ring (bicyclic) bond motifs is 3. The summed E-state index contributed by atoms with van der Waals surface area (Å²) >= 11 is 8.14. The smallest absolute Gasteiger partial charge is 0.325 e. The number of nitrogens with zero attached hydrogens (tertiary/aromatic N) is 3. The van der Waals surface area contributed by atoms with Gasteiger partial charge in [-0.25, -0.2) is 4.90 Å². The summed E-state index contributed by atoms with van der Waals surface area (Å²) in [6.45, 7) is 3.53. The maximum atomic E-state index is 13.3. The van der Waals surface area contributed by atoms with E-state index >= 15 is 0 Å². The highest BCUT2D eigenvalue weighted by atomic mass is 35.5. The van der Waals surface area contributed by atoms with Crippen LogP contribution in [0.2, 0.25) is 5.02 Å². The molecule has 1 aromatic heterocycles. The van der Waals surface area contributed by atoms with E-state index in [-0.39, 0.29) is 11.5 Å². The SMILES string of the molecule is CCCSc1n[n+]2c(c(=O)[nH]1)-c1ccccc1N(C(C)=O)[C@@H]2c1cc(OC)c(OC)cc1Cl. The lowest BCUT2D eigenvalue weighted by Crippen LogP contribution is -2.60. The van der Waals surface area contributed by atoms with E-state index in [1.807, 2.05) is 12.1 Å². The number of anilines is 1. The standard InChI is InChI=1S/C23H23ClN4O4S/c1-5-10-33-23-25-21(30)20-14-8-6-7-9-17(14)27(13(2)29)22(28(20)26-23)15-11-18(31-3)19(32-4)12-16(15)24/h6-9,11-12,22H,5,10H2,1-4H3/p+1/t22-/m0/s1. The van der Waals surface area contributed by atoms with Crippen molar-refractivity contribution in [1.29, 1.82) is 0 Å². The van der Waals surface area contributed by atoms with E-state index in [2.05, 4.69) is 11.9 Å². The van der Waals surface area contributed by atoms with Gasteiger partial charge in [0.05, 0.1) is 36.1 Å². The fourth-order valence-corrected chi connectivity index (χ4v) is 4.88. The summed E-state index contributed by atoms with van der Waals surface area (Å²) in [5.41, 5.74) is 1.82. The molecular formula is C23H24ClN4O4S+. The number of thioether (sulfide) groups is 1. The van der Waals surface area contributed by atoms with Crippen LogP contribution >= 0.6 is 23.4 Å². The molecule has 4 rings (SSSR count). The summed E-state index contributed by atoms with van der Waals surface area (Å²) < 4.78 is 12.4. The first-order valence-corrected chi connectivity index (χ1v) is 11.8. The maximum absolute atomic E-state index is 13.3. The van der Waals surface area contributed by atoms with Gasteiger partial charge in [0.15, 0.2) is 11.5 Å². The van der Waals surface area contributed by atoms with Crippen molar-refractivity contribution < 1.29 is 19.0 Å². The molecule has 1 amide bonds. The number of nitrogens with one attached hydrogen (secondary N) is 1. The number of carbonyl (C=O) groups excluding carboxylic acids is 1. The van der Waals surface area contributed by atoms with Gasteiger partial charge >= 0.3 is 11.3 Å². The number of ether oxygens (including phenoxy) is 2. The molecule has 1 N–H and O–H groups in total. The lowest BCUT2D eigenvalue weighted by atomic mass is 10.0. The van der Waals surface area contributed by atoms with E-state index in [4.69, 9.17) is 26.2 Å². The van der Waals surface area contributed by atoms with Crippen molar-refractivity contribution in [1.82, 2.24) is 10.1 Å². The molecule has 0 aliphatic carbocycles. The third kappa shape index (κ3) is 4.06. The Balaban J connectivity index is 2.06. The first kappa shape index (κ1) is 23.1. The Bertz CT molecular complexity index is 1280. The van der Waals surface area contributed by atoms with Crippen LogP contribution in [-0.2, 0) is 4.79 Å². The summed E-state index contributed by atoms with van der Waals surface area (Å²) in [6, 6.07) is 10.6. The van der Waals surface area contributed by atoms with Crippen LogP contribution in [0.3, 0.4) is 0 Å². The zero-order valence-electron chi connectivity index (χ0n) is 18.7. The van der Waals surface area contributed by atoms with Gasteiger partial charge in [0.25, 0.3) is 6.17 Å². The highest BCUT2D eigenvalue weighted by Gasteiger charge is 2.46. The Morgan fingerprint density at radius 3 is 2.61 bits per heavy atom. The Labute approximate surface area is 200 Å². The minimum Gasteiger partial charge on any atom is -0.493 e. The van der Waals surface area contributed by atoms with E-state index < -0.39 is 6.17 Å². The molecule has 0 spiro atoms. The number of benzene rings is 2. The molecule has 0 radical (unpaired) electrons. The van der Waals surface area contributed by atoms with Crippen LogP contribution in [0.25, 0.3) is 11.3 Å². The van der Waals surface area contributed by atoms with E-state index in [9.17, 15) is 9.59 Å². The van der Waals surface area contributed by atoms with Gasteiger partial charge in [-0.05, 0) is 29.3 Å². The summed E-state index contributed by atoms with van der Waals surface area (Å²) in [4.78, 5) is 30.7. The van der Waals surface area contributed by atoms with Gasteiger partial charge in [-0.15, -0.1) is 0 Å². The number of amides is 1. The molecule has 172 valence electrons. The molecule has 2 heterocycles. The second-order valence-corrected chi connectivity index (χ2v) is 8.90. The number of hydrogen-bond acceptors (Lipinski definition) is 6. The third-order valence-electron chi connectivity index (χ3n) is 5.32. The maximum Gasteiger partial charge on any atom is 0.325 e. The van der Waals surface area contributed by atoms with Crippen molar-refractivity contribution in [3.63, 3.8) is 0 Å². The zero-order chi connectivity index (χ0) is 23.7. The van der Waals surface area contributed by atoms with Crippen LogP contribution in [0.5, 0.6) is 11.5 Å².